The Balaban J connectivity index is 1.61. The number of fused-ring (bicyclic) bond motifs is 1. The molecule has 0 spiro atoms. The van der Waals surface area contributed by atoms with E-state index >= 15 is 0 Å². The van der Waals surface area contributed by atoms with E-state index in [4.69, 9.17) is 9.97 Å². The van der Waals surface area contributed by atoms with Crippen LogP contribution in [-0.4, -0.2) is 48.1 Å². The fourth-order valence-corrected chi connectivity index (χ4v) is 3.49. The fraction of sp³-hybridized carbons (Fsp3) is 0.381. The van der Waals surface area contributed by atoms with Crippen molar-refractivity contribution in [1.29, 1.82) is 0 Å². The lowest BCUT2D eigenvalue weighted by Gasteiger charge is -2.29. The van der Waals surface area contributed by atoms with Crippen LogP contribution in [0.2, 0.25) is 0 Å². The summed E-state index contributed by atoms with van der Waals surface area (Å²) in [6.07, 6.45) is 7.15. The normalized spacial score (nSPS) is 14.3. The zero-order chi connectivity index (χ0) is 20.2. The molecule has 3 aromatic heterocycles. The molecule has 1 unspecified atom stereocenters. The van der Waals surface area contributed by atoms with Gasteiger partial charge in [0.2, 0.25) is 5.91 Å². The Hall–Kier alpha value is -3.29. The van der Waals surface area contributed by atoms with Gasteiger partial charge in [-0.15, -0.1) is 0 Å². The number of nitrogens with one attached hydrogen (secondary N) is 1. The first-order valence-corrected chi connectivity index (χ1v) is 9.91. The molecule has 0 aliphatic carbocycles. The van der Waals surface area contributed by atoms with E-state index in [1.54, 1.807) is 19.3 Å². The summed E-state index contributed by atoms with van der Waals surface area (Å²) in [5, 5.41) is 7.82. The van der Waals surface area contributed by atoms with E-state index in [0.717, 1.165) is 42.2 Å². The number of hydrogen-bond acceptors (Lipinski definition) is 6. The summed E-state index contributed by atoms with van der Waals surface area (Å²) in [5.41, 5.74) is 2.71. The maximum absolute atomic E-state index is 11.9. The van der Waals surface area contributed by atoms with Gasteiger partial charge in [0.05, 0.1) is 12.2 Å². The molecule has 29 heavy (non-hydrogen) atoms. The topological polar surface area (TPSA) is 88.8 Å². The van der Waals surface area contributed by atoms with Gasteiger partial charge in [0.15, 0.2) is 5.82 Å². The first kappa shape index (κ1) is 19.0. The first-order chi connectivity index (χ1) is 14.1. The lowest BCUT2D eigenvalue weighted by Crippen LogP contribution is -2.36. The molecule has 1 aliphatic heterocycles. The van der Waals surface area contributed by atoms with Gasteiger partial charge in [0, 0.05) is 50.2 Å². The molecule has 0 saturated heterocycles. The number of rotatable bonds is 6. The molecule has 4 heterocycles. The molecule has 8 heteroatoms. The minimum Gasteiger partial charge on any atom is -0.367 e. The highest BCUT2D eigenvalue weighted by molar-refractivity contribution is 5.74. The molecule has 4 rings (SSSR count). The minimum atomic E-state index is 0.0655. The predicted octanol–water partition coefficient (Wildman–Crippen LogP) is 2.53. The zero-order valence-corrected chi connectivity index (χ0v) is 16.7. The molecule has 0 radical (unpaired) electrons. The second-order valence-corrected chi connectivity index (χ2v) is 7.33. The summed E-state index contributed by atoms with van der Waals surface area (Å²) in [4.78, 5) is 27.6. The van der Waals surface area contributed by atoms with Gasteiger partial charge >= 0.3 is 0 Å². The average molecular weight is 391 g/mol. The Morgan fingerprint density at radius 2 is 2.14 bits per heavy atom. The van der Waals surface area contributed by atoms with E-state index in [-0.39, 0.29) is 11.9 Å². The third-order valence-corrected chi connectivity index (χ3v) is 5.14. The monoisotopic (exact) mass is 391 g/mol. The second kappa shape index (κ2) is 8.38. The molecule has 3 aromatic rings. The van der Waals surface area contributed by atoms with Crippen LogP contribution >= 0.6 is 0 Å². The van der Waals surface area contributed by atoms with Gasteiger partial charge in [-0.3, -0.25) is 14.5 Å². The number of carbonyl (C=O) groups is 1. The lowest BCUT2D eigenvalue weighted by atomic mass is 10.0. The number of amides is 1. The summed E-state index contributed by atoms with van der Waals surface area (Å²) in [6.45, 7) is 5.76. The van der Waals surface area contributed by atoms with Crippen molar-refractivity contribution in [2.24, 2.45) is 0 Å². The van der Waals surface area contributed by atoms with Gasteiger partial charge in [-0.05, 0) is 38.0 Å². The minimum absolute atomic E-state index is 0.0655. The number of aromatic nitrogens is 5. The summed E-state index contributed by atoms with van der Waals surface area (Å²) in [5.74, 6) is 1.49. The van der Waals surface area contributed by atoms with Crippen LogP contribution < -0.4 is 5.32 Å². The molecule has 8 nitrogen and oxygen atoms in total. The Labute approximate surface area is 170 Å². The number of anilines is 1. The molecule has 0 bridgehead atoms. The van der Waals surface area contributed by atoms with Crippen LogP contribution in [0.1, 0.15) is 31.5 Å². The van der Waals surface area contributed by atoms with E-state index in [9.17, 15) is 4.79 Å². The SMILES string of the molecule is CC(=O)N1CCc2c(nc(-c3ccccn3)nc2NC(C)CCn2cccn2)C1. The Morgan fingerprint density at radius 3 is 2.86 bits per heavy atom. The largest absolute Gasteiger partial charge is 0.367 e. The molecule has 0 aromatic carbocycles. The van der Waals surface area contributed by atoms with Gasteiger partial charge < -0.3 is 10.2 Å². The molecule has 150 valence electrons. The van der Waals surface area contributed by atoms with Crippen LogP contribution in [0.4, 0.5) is 5.82 Å². The van der Waals surface area contributed by atoms with Crippen LogP contribution in [0, 0.1) is 0 Å². The Kier molecular flexibility index (Phi) is 5.50. The van der Waals surface area contributed by atoms with Gasteiger partial charge in [-0.2, -0.15) is 5.10 Å². The van der Waals surface area contributed by atoms with Gasteiger partial charge in [-0.25, -0.2) is 9.97 Å². The molecular formula is C21H25N7O. The van der Waals surface area contributed by atoms with Crippen LogP contribution in [0.15, 0.2) is 42.9 Å². The zero-order valence-electron chi connectivity index (χ0n) is 16.7. The number of carbonyl (C=O) groups excluding carboxylic acids is 1. The third kappa shape index (κ3) is 4.42. The van der Waals surface area contributed by atoms with Crippen LogP contribution in [0.25, 0.3) is 11.5 Å². The summed E-state index contributed by atoms with van der Waals surface area (Å²) in [7, 11) is 0. The highest BCUT2D eigenvalue weighted by Crippen LogP contribution is 2.27. The molecule has 1 atom stereocenters. The van der Waals surface area contributed by atoms with E-state index in [2.05, 4.69) is 22.3 Å². The van der Waals surface area contributed by atoms with Crippen LogP contribution in [0.5, 0.6) is 0 Å². The highest BCUT2D eigenvalue weighted by atomic mass is 16.2. The fourth-order valence-electron chi connectivity index (χ4n) is 3.49. The van der Waals surface area contributed by atoms with E-state index < -0.39 is 0 Å². The lowest BCUT2D eigenvalue weighted by molar-refractivity contribution is -0.129. The Morgan fingerprint density at radius 1 is 1.24 bits per heavy atom. The molecule has 0 fully saturated rings. The van der Waals surface area contributed by atoms with Crippen molar-refractivity contribution in [3.63, 3.8) is 0 Å². The third-order valence-electron chi connectivity index (χ3n) is 5.14. The predicted molar refractivity (Wildman–Crippen MR) is 110 cm³/mol. The van der Waals surface area contributed by atoms with E-state index in [1.165, 1.54) is 0 Å². The second-order valence-electron chi connectivity index (χ2n) is 7.33. The summed E-state index contributed by atoms with van der Waals surface area (Å²) >= 11 is 0. The van der Waals surface area contributed by atoms with Crippen molar-refractivity contribution in [3.8, 4) is 11.5 Å². The van der Waals surface area contributed by atoms with Gasteiger partial charge in [0.25, 0.3) is 0 Å². The van der Waals surface area contributed by atoms with Crippen LogP contribution in [0.3, 0.4) is 0 Å². The summed E-state index contributed by atoms with van der Waals surface area (Å²) < 4.78 is 1.93. The molecule has 1 aliphatic rings. The Bertz CT molecular complexity index is 972. The number of nitrogens with zero attached hydrogens (tertiary/aromatic N) is 6. The molecule has 0 saturated carbocycles. The van der Waals surface area contributed by atoms with Gasteiger partial charge in [0.1, 0.15) is 11.5 Å². The van der Waals surface area contributed by atoms with Crippen molar-refractivity contribution in [2.45, 2.75) is 45.8 Å². The van der Waals surface area contributed by atoms with Crippen molar-refractivity contribution < 1.29 is 4.79 Å². The molecule has 1 amide bonds. The van der Waals surface area contributed by atoms with Crippen LogP contribution in [-0.2, 0) is 24.3 Å². The van der Waals surface area contributed by atoms with Crippen molar-refractivity contribution >= 4 is 11.7 Å². The van der Waals surface area contributed by atoms with Crippen molar-refractivity contribution in [3.05, 3.63) is 54.1 Å². The molecular weight excluding hydrogens is 366 g/mol. The quantitative estimate of drug-likeness (QED) is 0.695. The first-order valence-electron chi connectivity index (χ1n) is 9.91. The highest BCUT2D eigenvalue weighted by Gasteiger charge is 2.24. The number of hydrogen-bond donors (Lipinski definition) is 1. The van der Waals surface area contributed by atoms with Gasteiger partial charge in [-0.1, -0.05) is 6.07 Å². The van der Waals surface area contributed by atoms with Crippen molar-refractivity contribution in [1.82, 2.24) is 29.6 Å². The average Bonchev–Trinajstić information content (AvgIpc) is 3.26. The number of aryl methyl sites for hydroxylation is 1. The maximum atomic E-state index is 11.9. The maximum Gasteiger partial charge on any atom is 0.219 e. The molecule has 1 N–H and O–H groups in total. The van der Waals surface area contributed by atoms with Crippen molar-refractivity contribution in [2.75, 3.05) is 11.9 Å². The smallest absolute Gasteiger partial charge is 0.219 e. The van der Waals surface area contributed by atoms with E-state index in [1.807, 2.05) is 40.0 Å². The number of pyridine rings is 1. The summed E-state index contributed by atoms with van der Waals surface area (Å²) in [6, 6.07) is 7.83. The standard InChI is InChI=1S/C21H25N7O/c1-15(7-13-28-11-5-10-23-28)24-20-17-8-12-27(16(2)29)14-19(17)25-21(26-20)18-6-3-4-9-22-18/h3-6,9-11,15H,7-8,12-14H2,1-2H3,(H,24,25,26). The van der Waals surface area contributed by atoms with E-state index in [0.29, 0.717) is 18.9 Å².